The molecule has 1 unspecified atom stereocenters. The van der Waals surface area contributed by atoms with Crippen molar-refractivity contribution < 1.29 is 14.5 Å². The molecule has 0 aliphatic heterocycles. The summed E-state index contributed by atoms with van der Waals surface area (Å²) in [6, 6.07) is 0. The fourth-order valence-electron chi connectivity index (χ4n) is 0.996. The number of amides is 1. The van der Waals surface area contributed by atoms with Crippen LogP contribution in [0.2, 0.25) is 0 Å². The van der Waals surface area contributed by atoms with Gasteiger partial charge in [0.2, 0.25) is 5.91 Å². The summed E-state index contributed by atoms with van der Waals surface area (Å²) in [5.41, 5.74) is 0. The minimum Gasteiger partial charge on any atom is -0.288 e. The molecule has 0 aliphatic carbocycles. The van der Waals surface area contributed by atoms with Crippen LogP contribution in [0.5, 0.6) is 0 Å². The van der Waals surface area contributed by atoms with E-state index in [1.54, 1.807) is 6.92 Å². The number of carbonyl (C=O) groups excluding carboxylic acids is 2. The van der Waals surface area contributed by atoms with E-state index in [4.69, 9.17) is 0 Å². The largest absolute Gasteiger partial charge is 0.288 e. The molecule has 6 nitrogen and oxygen atoms in total. The Balaban J connectivity index is 4.28. The Hall–Kier alpha value is -1.11. The zero-order chi connectivity index (χ0) is 12.0. The van der Waals surface area contributed by atoms with Crippen LogP contribution in [-0.2, 0) is 9.59 Å². The molecule has 1 amide bonds. The molecular formula is C8H14N2O4S. The topological polar surface area (TPSA) is 80.5 Å². The lowest BCUT2D eigenvalue weighted by Gasteiger charge is -2.19. The Morgan fingerprint density at radius 2 is 2.07 bits per heavy atom. The highest BCUT2D eigenvalue weighted by Crippen LogP contribution is 2.07. The van der Waals surface area contributed by atoms with Crippen LogP contribution in [0, 0.1) is 10.1 Å². The van der Waals surface area contributed by atoms with Crippen molar-refractivity contribution in [1.82, 2.24) is 4.90 Å². The van der Waals surface area contributed by atoms with Gasteiger partial charge in [-0.05, 0) is 0 Å². The van der Waals surface area contributed by atoms with E-state index < -0.39 is 17.0 Å². The fourth-order valence-corrected chi connectivity index (χ4v) is 1.53. The van der Waals surface area contributed by atoms with Gasteiger partial charge in [0.25, 0.3) is 6.17 Å². The first-order valence-corrected chi connectivity index (χ1v) is 5.41. The van der Waals surface area contributed by atoms with Gasteiger partial charge >= 0.3 is 0 Å². The molecule has 0 aromatic carbocycles. The third-order valence-corrected chi connectivity index (χ3v) is 2.65. The van der Waals surface area contributed by atoms with E-state index >= 15 is 0 Å². The number of nitro groups is 1. The summed E-state index contributed by atoms with van der Waals surface area (Å²) >= 11 is 0.855. The van der Waals surface area contributed by atoms with E-state index in [0.717, 1.165) is 16.7 Å². The standard InChI is InChI=1S/C8H14N2O4S/c1-4-7(10(13)14)9(3)8(12)5-15-6(2)11/h7H,4-5H2,1-3H3. The van der Waals surface area contributed by atoms with Crippen molar-refractivity contribution in [2.24, 2.45) is 0 Å². The van der Waals surface area contributed by atoms with Gasteiger partial charge in [0.1, 0.15) is 0 Å². The Morgan fingerprint density at radius 1 is 1.53 bits per heavy atom. The van der Waals surface area contributed by atoms with Gasteiger partial charge in [0, 0.05) is 25.3 Å². The summed E-state index contributed by atoms with van der Waals surface area (Å²) in [6.45, 7) is 2.98. The van der Waals surface area contributed by atoms with E-state index in [2.05, 4.69) is 0 Å². The first kappa shape index (κ1) is 13.9. The molecule has 86 valence electrons. The molecule has 0 fully saturated rings. The SMILES string of the molecule is CCC(N(C)C(=O)CSC(C)=O)[N+](=O)[O-]. The van der Waals surface area contributed by atoms with E-state index in [1.807, 2.05) is 0 Å². The van der Waals surface area contributed by atoms with Crippen molar-refractivity contribution in [2.45, 2.75) is 26.4 Å². The Bertz CT molecular complexity index is 269. The summed E-state index contributed by atoms with van der Waals surface area (Å²) in [5, 5.41) is 10.4. The van der Waals surface area contributed by atoms with Crippen LogP contribution in [0.3, 0.4) is 0 Å². The van der Waals surface area contributed by atoms with Crippen LogP contribution >= 0.6 is 11.8 Å². The molecule has 0 bridgehead atoms. The maximum atomic E-state index is 11.4. The van der Waals surface area contributed by atoms with Gasteiger partial charge in [-0.2, -0.15) is 0 Å². The van der Waals surface area contributed by atoms with Crippen molar-refractivity contribution in [3.05, 3.63) is 10.1 Å². The van der Waals surface area contributed by atoms with Gasteiger partial charge in [0.05, 0.1) is 5.75 Å². The molecule has 0 rings (SSSR count). The first-order valence-electron chi connectivity index (χ1n) is 4.42. The van der Waals surface area contributed by atoms with Gasteiger partial charge in [-0.25, -0.2) is 0 Å². The molecule has 0 spiro atoms. The van der Waals surface area contributed by atoms with Gasteiger partial charge in [-0.3, -0.25) is 24.6 Å². The number of carbonyl (C=O) groups is 2. The minimum atomic E-state index is -1.01. The van der Waals surface area contributed by atoms with E-state index in [9.17, 15) is 19.7 Å². The van der Waals surface area contributed by atoms with Crippen molar-refractivity contribution >= 4 is 22.8 Å². The maximum absolute atomic E-state index is 11.4. The minimum absolute atomic E-state index is 0.0455. The summed E-state index contributed by atoms with van der Waals surface area (Å²) in [6.07, 6.45) is -0.759. The van der Waals surface area contributed by atoms with Crippen LogP contribution in [0.4, 0.5) is 0 Å². The molecule has 1 atom stereocenters. The highest BCUT2D eigenvalue weighted by atomic mass is 32.2. The highest BCUT2D eigenvalue weighted by molar-refractivity contribution is 8.14. The third-order valence-electron chi connectivity index (χ3n) is 1.85. The lowest BCUT2D eigenvalue weighted by molar-refractivity contribution is -0.545. The fraction of sp³-hybridized carbons (Fsp3) is 0.750. The number of nitrogens with zero attached hydrogens (tertiary/aromatic N) is 2. The maximum Gasteiger partial charge on any atom is 0.288 e. The molecule has 0 aliphatic rings. The second kappa shape index (κ2) is 6.39. The Kier molecular flexibility index (Phi) is 5.92. The van der Waals surface area contributed by atoms with Crippen LogP contribution in [0.25, 0.3) is 0 Å². The predicted molar refractivity (Wildman–Crippen MR) is 57.0 cm³/mol. The van der Waals surface area contributed by atoms with Crippen molar-refractivity contribution in [2.75, 3.05) is 12.8 Å². The normalized spacial score (nSPS) is 11.9. The van der Waals surface area contributed by atoms with Crippen LogP contribution < -0.4 is 0 Å². The van der Waals surface area contributed by atoms with E-state index in [1.165, 1.54) is 14.0 Å². The van der Waals surface area contributed by atoms with Crippen molar-refractivity contribution in [3.8, 4) is 0 Å². The number of hydrogen-bond donors (Lipinski definition) is 0. The summed E-state index contributed by atoms with van der Waals surface area (Å²) < 4.78 is 0. The lowest BCUT2D eigenvalue weighted by atomic mass is 10.3. The average Bonchev–Trinajstić information content (AvgIpc) is 2.14. The average molecular weight is 234 g/mol. The zero-order valence-corrected chi connectivity index (χ0v) is 9.74. The molecule has 0 aromatic heterocycles. The van der Waals surface area contributed by atoms with E-state index in [0.29, 0.717) is 0 Å². The number of rotatable bonds is 5. The quantitative estimate of drug-likeness (QED) is 0.398. The number of thioether (sulfide) groups is 1. The number of hydrogen-bond acceptors (Lipinski definition) is 5. The molecule has 0 saturated carbocycles. The molecule has 0 aromatic rings. The second-order valence-corrected chi connectivity index (χ2v) is 4.11. The van der Waals surface area contributed by atoms with Crippen LogP contribution in [0.15, 0.2) is 0 Å². The van der Waals surface area contributed by atoms with Crippen molar-refractivity contribution in [1.29, 1.82) is 0 Å². The van der Waals surface area contributed by atoms with Crippen molar-refractivity contribution in [3.63, 3.8) is 0 Å². The molecule has 0 N–H and O–H groups in total. The zero-order valence-electron chi connectivity index (χ0n) is 8.93. The summed E-state index contributed by atoms with van der Waals surface area (Å²) in [4.78, 5) is 33.1. The van der Waals surface area contributed by atoms with Gasteiger partial charge in [-0.15, -0.1) is 0 Å². The smallest absolute Gasteiger partial charge is 0.288 e. The predicted octanol–water partition coefficient (Wildman–Crippen LogP) is 0.737. The molecule has 15 heavy (non-hydrogen) atoms. The first-order chi connectivity index (χ1) is 6.90. The molecule has 0 heterocycles. The lowest BCUT2D eigenvalue weighted by Crippen LogP contribution is -2.42. The summed E-state index contributed by atoms with van der Waals surface area (Å²) in [5.74, 6) is -0.449. The molecule has 0 radical (unpaired) electrons. The molecule has 7 heteroatoms. The van der Waals surface area contributed by atoms with Gasteiger partial charge < -0.3 is 0 Å². The Labute approximate surface area is 92.2 Å². The van der Waals surface area contributed by atoms with E-state index in [-0.39, 0.29) is 17.3 Å². The highest BCUT2D eigenvalue weighted by Gasteiger charge is 2.27. The molecular weight excluding hydrogens is 220 g/mol. The van der Waals surface area contributed by atoms with Crippen LogP contribution in [-0.4, -0.2) is 39.8 Å². The molecule has 0 saturated heterocycles. The third kappa shape index (κ3) is 4.78. The summed E-state index contributed by atoms with van der Waals surface area (Å²) in [7, 11) is 1.37. The van der Waals surface area contributed by atoms with Crippen LogP contribution in [0.1, 0.15) is 20.3 Å². The second-order valence-electron chi connectivity index (χ2n) is 2.96. The monoisotopic (exact) mass is 234 g/mol. The Morgan fingerprint density at radius 3 is 2.40 bits per heavy atom. The van der Waals surface area contributed by atoms with Gasteiger partial charge in [-0.1, -0.05) is 18.7 Å². The van der Waals surface area contributed by atoms with Gasteiger partial charge in [0.15, 0.2) is 5.12 Å².